The maximum atomic E-state index is 13.0. The largest absolute Gasteiger partial charge is 0.444 e. The van der Waals surface area contributed by atoms with E-state index in [2.05, 4.69) is 15.0 Å². The Morgan fingerprint density at radius 1 is 1.16 bits per heavy atom. The van der Waals surface area contributed by atoms with E-state index in [1.54, 1.807) is 11.1 Å². The highest BCUT2D eigenvalue weighted by atomic mass is 16.6. The van der Waals surface area contributed by atoms with Crippen LogP contribution >= 0.6 is 0 Å². The minimum absolute atomic E-state index is 0.0616. The van der Waals surface area contributed by atoms with Gasteiger partial charge in [-0.25, -0.2) is 9.78 Å². The highest BCUT2D eigenvalue weighted by Gasteiger charge is 2.30. The lowest BCUT2D eigenvalue weighted by atomic mass is 9.90. The fourth-order valence-corrected chi connectivity index (χ4v) is 4.09. The fraction of sp³-hybridized carbons (Fsp3) is 0.636. The molecule has 0 N–H and O–H groups in total. The van der Waals surface area contributed by atoms with Crippen molar-refractivity contribution in [1.29, 1.82) is 0 Å². The van der Waals surface area contributed by atoms with Crippen molar-refractivity contribution in [3.8, 4) is 0 Å². The van der Waals surface area contributed by atoms with Crippen LogP contribution in [0.4, 0.5) is 10.6 Å². The summed E-state index contributed by atoms with van der Waals surface area (Å²) in [5.74, 6) is 1.06. The number of morpholine rings is 1. The predicted octanol–water partition coefficient (Wildman–Crippen LogP) is 2.32. The molecule has 1 amide bonds. The van der Waals surface area contributed by atoms with Crippen molar-refractivity contribution in [2.24, 2.45) is 5.92 Å². The minimum atomic E-state index is -0.514. The second kappa shape index (κ2) is 8.82. The second-order valence-corrected chi connectivity index (χ2v) is 9.19. The third kappa shape index (κ3) is 5.15. The highest BCUT2D eigenvalue weighted by molar-refractivity contribution is 5.83. The molecule has 2 fully saturated rings. The lowest BCUT2D eigenvalue weighted by Gasteiger charge is -2.33. The lowest BCUT2D eigenvalue weighted by molar-refractivity contribution is -0.123. The molecule has 4 heterocycles. The topological polar surface area (TPSA) is 89.3 Å². The Morgan fingerprint density at radius 3 is 2.55 bits per heavy atom. The van der Waals surface area contributed by atoms with Crippen molar-refractivity contribution < 1.29 is 19.1 Å². The zero-order valence-electron chi connectivity index (χ0n) is 18.5. The quantitative estimate of drug-likeness (QED) is 0.737. The number of carbonyl (C=O) groups excluding carboxylic acids is 2. The van der Waals surface area contributed by atoms with Gasteiger partial charge < -0.3 is 19.3 Å². The average Bonchev–Trinajstić information content (AvgIpc) is 3.21. The van der Waals surface area contributed by atoms with Gasteiger partial charge in [0.25, 0.3) is 0 Å². The number of Topliss-reactive ketones (excluding diaryl/α,β-unsaturated/α-hetero) is 1. The molecule has 4 rings (SSSR count). The van der Waals surface area contributed by atoms with E-state index in [9.17, 15) is 9.59 Å². The number of amides is 1. The average molecular weight is 430 g/mol. The Balaban J connectivity index is 1.40. The number of ketones is 1. The van der Waals surface area contributed by atoms with Crippen LogP contribution in [-0.4, -0.2) is 76.4 Å². The van der Waals surface area contributed by atoms with Crippen LogP contribution in [0.3, 0.4) is 0 Å². The Morgan fingerprint density at radius 2 is 1.87 bits per heavy atom. The third-order valence-electron chi connectivity index (χ3n) is 5.69. The Bertz CT molecular complexity index is 937. The normalized spacial score (nSPS) is 18.4. The van der Waals surface area contributed by atoms with Crippen LogP contribution in [0.25, 0.3) is 5.65 Å². The number of nitrogens with zero attached hydrogens (tertiary/aromatic N) is 5. The molecule has 2 aromatic rings. The van der Waals surface area contributed by atoms with E-state index >= 15 is 0 Å². The number of hydrogen-bond donors (Lipinski definition) is 0. The van der Waals surface area contributed by atoms with E-state index in [1.807, 2.05) is 37.4 Å². The van der Waals surface area contributed by atoms with Crippen molar-refractivity contribution in [2.75, 3.05) is 44.3 Å². The van der Waals surface area contributed by atoms with Crippen LogP contribution in [0.1, 0.15) is 39.3 Å². The summed E-state index contributed by atoms with van der Waals surface area (Å²) in [6.45, 7) is 9.58. The van der Waals surface area contributed by atoms with Gasteiger partial charge in [0.15, 0.2) is 5.65 Å². The van der Waals surface area contributed by atoms with E-state index < -0.39 is 5.60 Å². The van der Waals surface area contributed by atoms with Crippen molar-refractivity contribution in [3.05, 3.63) is 24.0 Å². The van der Waals surface area contributed by atoms with Gasteiger partial charge in [0, 0.05) is 50.7 Å². The van der Waals surface area contributed by atoms with Crippen LogP contribution in [0.2, 0.25) is 0 Å². The summed E-state index contributed by atoms with van der Waals surface area (Å²) in [4.78, 5) is 33.8. The van der Waals surface area contributed by atoms with Gasteiger partial charge in [0.1, 0.15) is 17.2 Å². The van der Waals surface area contributed by atoms with E-state index in [4.69, 9.17) is 9.47 Å². The van der Waals surface area contributed by atoms with Gasteiger partial charge >= 0.3 is 6.09 Å². The van der Waals surface area contributed by atoms with Crippen LogP contribution < -0.4 is 4.90 Å². The summed E-state index contributed by atoms with van der Waals surface area (Å²) in [5.41, 5.74) is 0.987. The first kappa shape index (κ1) is 21.5. The standard InChI is InChI=1S/C22H31N5O4/c1-22(2,3)31-21(29)26-8-5-16(6-9-26)18(28)14-17-15-20(25-10-12-30-13-11-25)27-19(24-17)4-7-23-27/h4,7,15-16H,5-6,8-14H2,1-3H3. The summed E-state index contributed by atoms with van der Waals surface area (Å²) in [6, 6.07) is 3.83. The molecule has 2 aromatic heterocycles. The molecule has 0 radical (unpaired) electrons. The molecular formula is C22H31N5O4. The van der Waals surface area contributed by atoms with Gasteiger partial charge in [-0.05, 0) is 33.6 Å². The minimum Gasteiger partial charge on any atom is -0.444 e. The summed E-state index contributed by atoms with van der Waals surface area (Å²) >= 11 is 0. The first-order chi connectivity index (χ1) is 14.8. The van der Waals surface area contributed by atoms with E-state index in [1.165, 1.54) is 0 Å². The Labute approximate surface area is 182 Å². The second-order valence-electron chi connectivity index (χ2n) is 9.19. The predicted molar refractivity (Wildman–Crippen MR) is 115 cm³/mol. The maximum Gasteiger partial charge on any atom is 0.410 e. The molecule has 0 aliphatic carbocycles. The number of ether oxygens (including phenoxy) is 2. The summed E-state index contributed by atoms with van der Waals surface area (Å²) in [5, 5.41) is 4.39. The molecule has 2 aliphatic rings. The molecule has 0 atom stereocenters. The number of fused-ring (bicyclic) bond motifs is 1. The summed E-state index contributed by atoms with van der Waals surface area (Å²) < 4.78 is 12.7. The van der Waals surface area contributed by atoms with E-state index in [0.717, 1.165) is 30.2 Å². The molecule has 31 heavy (non-hydrogen) atoms. The molecule has 168 valence electrons. The van der Waals surface area contributed by atoms with Gasteiger partial charge in [0.05, 0.1) is 25.1 Å². The Hall–Kier alpha value is -2.68. The maximum absolute atomic E-state index is 13.0. The van der Waals surface area contributed by atoms with Gasteiger partial charge in [-0.15, -0.1) is 0 Å². The monoisotopic (exact) mass is 429 g/mol. The number of anilines is 1. The van der Waals surface area contributed by atoms with E-state index in [0.29, 0.717) is 39.1 Å². The van der Waals surface area contributed by atoms with Crippen molar-refractivity contribution in [3.63, 3.8) is 0 Å². The van der Waals surface area contributed by atoms with Crippen LogP contribution in [0.5, 0.6) is 0 Å². The highest BCUT2D eigenvalue weighted by Crippen LogP contribution is 2.24. The SMILES string of the molecule is CC(C)(C)OC(=O)N1CCC(C(=O)Cc2cc(N3CCOCC3)n3nccc3n2)CC1. The Kier molecular flexibility index (Phi) is 6.13. The number of piperidine rings is 1. The van der Waals surface area contributed by atoms with Crippen LogP contribution in [-0.2, 0) is 20.7 Å². The number of likely N-dealkylation sites (tertiary alicyclic amines) is 1. The molecule has 9 nitrogen and oxygen atoms in total. The third-order valence-corrected chi connectivity index (χ3v) is 5.69. The number of rotatable bonds is 4. The summed E-state index contributed by atoms with van der Waals surface area (Å²) in [6.07, 6.45) is 3.02. The zero-order chi connectivity index (χ0) is 22.0. The smallest absolute Gasteiger partial charge is 0.410 e. The molecule has 2 saturated heterocycles. The first-order valence-corrected chi connectivity index (χ1v) is 11.0. The van der Waals surface area contributed by atoms with Crippen molar-refractivity contribution in [2.45, 2.75) is 45.6 Å². The van der Waals surface area contributed by atoms with Crippen LogP contribution in [0, 0.1) is 5.92 Å². The molecular weight excluding hydrogens is 398 g/mol. The fourth-order valence-electron chi connectivity index (χ4n) is 4.09. The molecule has 0 saturated carbocycles. The molecule has 2 aliphatic heterocycles. The van der Waals surface area contributed by atoms with E-state index in [-0.39, 0.29) is 24.2 Å². The van der Waals surface area contributed by atoms with Gasteiger partial charge in [-0.1, -0.05) is 0 Å². The molecule has 0 unspecified atom stereocenters. The number of carbonyl (C=O) groups is 2. The van der Waals surface area contributed by atoms with Gasteiger partial charge in [-0.2, -0.15) is 9.61 Å². The van der Waals surface area contributed by atoms with Gasteiger partial charge in [-0.3, -0.25) is 4.79 Å². The number of aromatic nitrogens is 3. The molecule has 9 heteroatoms. The molecule has 0 spiro atoms. The lowest BCUT2D eigenvalue weighted by Crippen LogP contribution is -2.43. The van der Waals surface area contributed by atoms with Crippen molar-refractivity contribution >= 4 is 23.3 Å². The molecule has 0 aromatic carbocycles. The van der Waals surface area contributed by atoms with Gasteiger partial charge in [0.2, 0.25) is 0 Å². The van der Waals surface area contributed by atoms with Crippen LogP contribution in [0.15, 0.2) is 18.3 Å². The van der Waals surface area contributed by atoms with Crippen molar-refractivity contribution in [1.82, 2.24) is 19.5 Å². The number of hydrogen-bond acceptors (Lipinski definition) is 7. The summed E-state index contributed by atoms with van der Waals surface area (Å²) in [7, 11) is 0. The first-order valence-electron chi connectivity index (χ1n) is 11.0. The zero-order valence-corrected chi connectivity index (χ0v) is 18.5. The molecule has 0 bridgehead atoms.